The van der Waals surface area contributed by atoms with Gasteiger partial charge in [-0.2, -0.15) is 0 Å². The monoisotopic (exact) mass is 345 g/mol. The number of aromatic nitrogens is 2. The fourth-order valence-corrected chi connectivity index (χ4v) is 3.39. The van der Waals surface area contributed by atoms with Crippen LogP contribution in [0.3, 0.4) is 0 Å². The molecule has 0 spiro atoms. The number of nitrogens with zero attached hydrogens (tertiary/aromatic N) is 2. The number of hydrogen-bond acceptors (Lipinski definition) is 4. The molecular weight excluding hydrogens is 334 g/mol. The van der Waals surface area contributed by atoms with Crippen LogP contribution >= 0.6 is 38.9 Å². The Morgan fingerprint density at radius 3 is 2.61 bits per heavy atom. The summed E-state index contributed by atoms with van der Waals surface area (Å²) in [6.45, 7) is 4.22. The molecule has 3 nitrogen and oxygen atoms in total. The molecule has 0 fully saturated rings. The summed E-state index contributed by atoms with van der Waals surface area (Å²) in [7, 11) is 1.85. The number of halogens is 2. The molecule has 0 aromatic carbocycles. The van der Waals surface area contributed by atoms with E-state index >= 15 is 0 Å². The van der Waals surface area contributed by atoms with Crippen LogP contribution in [0.4, 0.5) is 5.82 Å². The van der Waals surface area contributed by atoms with E-state index < -0.39 is 0 Å². The molecule has 0 aliphatic heterocycles. The lowest BCUT2D eigenvalue weighted by atomic mass is 10.1. The molecule has 1 N–H and O–H groups in total. The van der Waals surface area contributed by atoms with Crippen LogP contribution in [-0.2, 0) is 0 Å². The molecule has 2 rings (SSSR count). The van der Waals surface area contributed by atoms with E-state index in [-0.39, 0.29) is 0 Å². The Labute approximate surface area is 124 Å². The van der Waals surface area contributed by atoms with Gasteiger partial charge in [-0.05, 0) is 27.9 Å². The summed E-state index contributed by atoms with van der Waals surface area (Å²) in [5.41, 5.74) is 0.994. The second-order valence-electron chi connectivity index (χ2n) is 4.13. The number of anilines is 1. The summed E-state index contributed by atoms with van der Waals surface area (Å²) in [6, 6.07) is 1.89. The van der Waals surface area contributed by atoms with Gasteiger partial charge in [0.2, 0.25) is 0 Å². The predicted octanol–water partition coefficient (Wildman–Crippen LogP) is 4.79. The van der Waals surface area contributed by atoms with Gasteiger partial charge in [-0.15, -0.1) is 11.3 Å². The summed E-state index contributed by atoms with van der Waals surface area (Å²) in [6.07, 6.45) is 0. The van der Waals surface area contributed by atoms with Gasteiger partial charge in [-0.25, -0.2) is 9.97 Å². The largest absolute Gasteiger partial charge is 0.372 e. The van der Waals surface area contributed by atoms with E-state index in [1.165, 1.54) is 0 Å². The molecule has 2 aromatic heterocycles. The van der Waals surface area contributed by atoms with Gasteiger partial charge in [0.15, 0.2) is 5.82 Å². The zero-order chi connectivity index (χ0) is 13.3. The Morgan fingerprint density at radius 1 is 1.39 bits per heavy atom. The molecule has 6 heteroatoms. The molecule has 2 aromatic rings. The first kappa shape index (κ1) is 13.8. The first-order valence-electron chi connectivity index (χ1n) is 5.52. The Kier molecular flexibility index (Phi) is 4.25. The Balaban J connectivity index is 2.58. The minimum atomic E-state index is 0.323. The highest BCUT2D eigenvalue weighted by molar-refractivity contribution is 9.10. The minimum absolute atomic E-state index is 0.323. The maximum atomic E-state index is 5.95. The summed E-state index contributed by atoms with van der Waals surface area (Å²) < 4.78 is 0.923. The third-order valence-corrected chi connectivity index (χ3v) is 4.50. The highest BCUT2D eigenvalue weighted by Crippen LogP contribution is 2.33. The van der Waals surface area contributed by atoms with Crippen LogP contribution < -0.4 is 5.32 Å². The number of nitrogens with one attached hydrogen (secondary N) is 1. The van der Waals surface area contributed by atoms with Crippen molar-refractivity contribution in [2.45, 2.75) is 19.8 Å². The topological polar surface area (TPSA) is 37.8 Å². The lowest BCUT2D eigenvalue weighted by molar-refractivity contribution is 0.811. The van der Waals surface area contributed by atoms with Crippen molar-refractivity contribution in [3.63, 3.8) is 0 Å². The van der Waals surface area contributed by atoms with Crippen molar-refractivity contribution in [1.82, 2.24) is 9.97 Å². The molecule has 96 valence electrons. The van der Waals surface area contributed by atoms with Crippen LogP contribution in [-0.4, -0.2) is 17.0 Å². The normalized spacial score (nSPS) is 11.0. The summed E-state index contributed by atoms with van der Waals surface area (Å²) in [5, 5.41) is 5.69. The van der Waals surface area contributed by atoms with Crippen LogP contribution in [0.2, 0.25) is 5.02 Å². The molecule has 0 aliphatic carbocycles. The molecular formula is C12H13BrClN3S. The fourth-order valence-electron chi connectivity index (χ4n) is 1.55. The van der Waals surface area contributed by atoms with Crippen molar-refractivity contribution >= 4 is 44.7 Å². The van der Waals surface area contributed by atoms with E-state index in [9.17, 15) is 0 Å². The maximum absolute atomic E-state index is 5.95. The standard InChI is InChI=1S/C12H13BrClN3S/c1-6(2)10-9(13)12(15-3)17-11(16-10)8-4-7(14)5-18-8/h4-6H,1-3H3,(H,15,16,17). The van der Waals surface area contributed by atoms with Gasteiger partial charge in [0.05, 0.1) is 20.1 Å². The Bertz CT molecular complexity index is 568. The van der Waals surface area contributed by atoms with Gasteiger partial charge in [-0.1, -0.05) is 25.4 Å². The van der Waals surface area contributed by atoms with Crippen molar-refractivity contribution in [1.29, 1.82) is 0 Å². The van der Waals surface area contributed by atoms with Crippen molar-refractivity contribution in [2.75, 3.05) is 12.4 Å². The zero-order valence-corrected chi connectivity index (χ0v) is 13.4. The van der Waals surface area contributed by atoms with Gasteiger partial charge < -0.3 is 5.32 Å². The van der Waals surface area contributed by atoms with Gasteiger partial charge >= 0.3 is 0 Å². The van der Waals surface area contributed by atoms with Crippen molar-refractivity contribution in [3.8, 4) is 10.7 Å². The molecule has 2 heterocycles. The number of thiophene rings is 1. The molecule has 0 atom stereocenters. The van der Waals surface area contributed by atoms with Crippen LogP contribution in [0, 0.1) is 0 Å². The van der Waals surface area contributed by atoms with E-state index in [1.807, 2.05) is 18.5 Å². The van der Waals surface area contributed by atoms with Gasteiger partial charge in [0.25, 0.3) is 0 Å². The van der Waals surface area contributed by atoms with Gasteiger partial charge in [-0.3, -0.25) is 0 Å². The average Bonchev–Trinajstić information content (AvgIpc) is 2.76. The van der Waals surface area contributed by atoms with E-state index in [0.717, 1.165) is 25.9 Å². The molecule has 0 aliphatic rings. The van der Waals surface area contributed by atoms with E-state index in [0.29, 0.717) is 11.7 Å². The molecule has 0 bridgehead atoms. The third kappa shape index (κ3) is 2.68. The third-order valence-electron chi connectivity index (χ3n) is 2.45. The first-order chi connectivity index (χ1) is 8.52. The summed E-state index contributed by atoms with van der Waals surface area (Å²) >= 11 is 11.0. The predicted molar refractivity (Wildman–Crippen MR) is 81.7 cm³/mol. The smallest absolute Gasteiger partial charge is 0.171 e. The van der Waals surface area contributed by atoms with Crippen molar-refractivity contribution in [3.05, 3.63) is 26.6 Å². The molecule has 0 saturated heterocycles. The average molecular weight is 347 g/mol. The summed E-state index contributed by atoms with van der Waals surface area (Å²) in [4.78, 5) is 10.1. The Morgan fingerprint density at radius 2 is 2.11 bits per heavy atom. The van der Waals surface area contributed by atoms with E-state index in [2.05, 4.69) is 45.1 Å². The molecule has 0 unspecified atom stereocenters. The second kappa shape index (κ2) is 5.55. The fraction of sp³-hybridized carbons (Fsp3) is 0.333. The van der Waals surface area contributed by atoms with Crippen LogP contribution in [0.25, 0.3) is 10.7 Å². The lowest BCUT2D eigenvalue weighted by Gasteiger charge is -2.12. The van der Waals surface area contributed by atoms with E-state index in [4.69, 9.17) is 11.6 Å². The highest BCUT2D eigenvalue weighted by atomic mass is 79.9. The molecule has 0 radical (unpaired) electrons. The van der Waals surface area contributed by atoms with Crippen LogP contribution in [0.5, 0.6) is 0 Å². The number of hydrogen-bond donors (Lipinski definition) is 1. The van der Waals surface area contributed by atoms with Gasteiger partial charge in [0.1, 0.15) is 5.82 Å². The van der Waals surface area contributed by atoms with E-state index in [1.54, 1.807) is 11.3 Å². The first-order valence-corrected chi connectivity index (χ1v) is 7.57. The summed E-state index contributed by atoms with van der Waals surface area (Å²) in [5.74, 6) is 1.83. The molecule has 0 amide bonds. The highest BCUT2D eigenvalue weighted by Gasteiger charge is 2.16. The zero-order valence-electron chi connectivity index (χ0n) is 10.3. The van der Waals surface area contributed by atoms with Crippen LogP contribution in [0.15, 0.2) is 15.9 Å². The number of rotatable bonds is 3. The maximum Gasteiger partial charge on any atom is 0.171 e. The lowest BCUT2D eigenvalue weighted by Crippen LogP contribution is -2.04. The Hall–Kier alpha value is -0.650. The SMILES string of the molecule is CNc1nc(-c2cc(Cl)cs2)nc(C(C)C)c1Br. The van der Waals surface area contributed by atoms with Crippen molar-refractivity contribution in [2.24, 2.45) is 0 Å². The molecule has 18 heavy (non-hydrogen) atoms. The van der Waals surface area contributed by atoms with Crippen LogP contribution in [0.1, 0.15) is 25.5 Å². The molecule has 0 saturated carbocycles. The van der Waals surface area contributed by atoms with Gasteiger partial charge in [0, 0.05) is 12.4 Å². The second-order valence-corrected chi connectivity index (χ2v) is 6.27. The van der Waals surface area contributed by atoms with Crippen molar-refractivity contribution < 1.29 is 0 Å². The minimum Gasteiger partial charge on any atom is -0.372 e. The quantitative estimate of drug-likeness (QED) is 0.868.